The minimum Gasteiger partial charge on any atom is -0.469 e. The lowest BCUT2D eigenvalue weighted by Gasteiger charge is -2.38. The van der Waals surface area contributed by atoms with Gasteiger partial charge in [-0.05, 0) is 45.2 Å². The molecule has 2 heterocycles. The lowest BCUT2D eigenvalue weighted by Crippen LogP contribution is -2.49. The second-order valence-corrected chi connectivity index (χ2v) is 5.49. The summed E-state index contributed by atoms with van der Waals surface area (Å²) in [5.74, 6) is 0.171. The maximum Gasteiger partial charge on any atom is 0.307 e. The molecular weight excluding hydrogens is 244 g/mol. The normalized spacial score (nSPS) is 25.1. The lowest BCUT2D eigenvalue weighted by molar-refractivity contribution is -0.146. The maximum atomic E-state index is 12.6. The minimum absolute atomic E-state index is 0.0450. The molecule has 0 bridgehead atoms. The van der Waals surface area contributed by atoms with Gasteiger partial charge in [-0.15, -0.1) is 0 Å². The molecule has 2 fully saturated rings. The molecule has 2 aliphatic heterocycles. The molecule has 0 saturated carbocycles. The number of methoxy groups -OCH3 is 1. The molecule has 2 rings (SSSR count). The van der Waals surface area contributed by atoms with Crippen molar-refractivity contribution >= 4 is 11.9 Å². The molecule has 1 unspecified atom stereocenters. The number of esters is 1. The van der Waals surface area contributed by atoms with E-state index in [-0.39, 0.29) is 23.8 Å². The highest BCUT2D eigenvalue weighted by Gasteiger charge is 2.33. The van der Waals surface area contributed by atoms with Gasteiger partial charge < -0.3 is 15.0 Å². The highest BCUT2D eigenvalue weighted by atomic mass is 16.5. The summed E-state index contributed by atoms with van der Waals surface area (Å²) in [4.78, 5) is 26.0. The Morgan fingerprint density at radius 1 is 1.21 bits per heavy atom. The van der Waals surface area contributed by atoms with Crippen LogP contribution >= 0.6 is 0 Å². The van der Waals surface area contributed by atoms with Gasteiger partial charge in [0, 0.05) is 18.5 Å². The summed E-state index contributed by atoms with van der Waals surface area (Å²) >= 11 is 0. The van der Waals surface area contributed by atoms with Crippen molar-refractivity contribution in [2.75, 3.05) is 26.7 Å². The Morgan fingerprint density at radius 3 is 2.63 bits per heavy atom. The Labute approximate surface area is 114 Å². The van der Waals surface area contributed by atoms with Crippen molar-refractivity contribution in [1.29, 1.82) is 0 Å². The summed E-state index contributed by atoms with van der Waals surface area (Å²) in [5, 5.41) is 3.28. The van der Waals surface area contributed by atoms with Crippen molar-refractivity contribution in [1.82, 2.24) is 10.2 Å². The standard InChI is InChI=1S/C14H24N2O3/c1-19-13(17)10-12-4-2-3-9-16(12)14(18)11-5-7-15-8-6-11/h11-12,15H,2-10H2,1H3. The van der Waals surface area contributed by atoms with Crippen molar-refractivity contribution < 1.29 is 14.3 Å². The van der Waals surface area contributed by atoms with Gasteiger partial charge in [-0.2, -0.15) is 0 Å². The van der Waals surface area contributed by atoms with Crippen molar-refractivity contribution in [3.05, 3.63) is 0 Å². The topological polar surface area (TPSA) is 58.6 Å². The predicted octanol–water partition coefficient (Wildman–Crippen LogP) is 0.930. The van der Waals surface area contributed by atoms with Crippen LogP contribution in [0, 0.1) is 5.92 Å². The van der Waals surface area contributed by atoms with Crippen molar-refractivity contribution in [2.24, 2.45) is 5.92 Å². The van der Waals surface area contributed by atoms with Crippen molar-refractivity contribution in [3.63, 3.8) is 0 Å². The van der Waals surface area contributed by atoms with Crippen molar-refractivity contribution in [2.45, 2.75) is 44.6 Å². The van der Waals surface area contributed by atoms with E-state index in [1.165, 1.54) is 7.11 Å². The number of piperidine rings is 2. The average molecular weight is 268 g/mol. The van der Waals surface area contributed by atoms with Gasteiger partial charge in [0.25, 0.3) is 0 Å². The zero-order valence-corrected chi connectivity index (χ0v) is 11.7. The molecule has 108 valence electrons. The summed E-state index contributed by atoms with van der Waals surface area (Å²) in [7, 11) is 1.41. The zero-order chi connectivity index (χ0) is 13.7. The van der Waals surface area contributed by atoms with Crippen molar-refractivity contribution in [3.8, 4) is 0 Å². The first-order chi connectivity index (χ1) is 9.22. The molecular formula is C14H24N2O3. The Balaban J connectivity index is 1.97. The first-order valence-corrected chi connectivity index (χ1v) is 7.30. The Morgan fingerprint density at radius 2 is 1.95 bits per heavy atom. The summed E-state index contributed by atoms with van der Waals surface area (Å²) in [5.41, 5.74) is 0. The number of ether oxygens (including phenoxy) is 1. The molecule has 1 N–H and O–H groups in total. The van der Waals surface area contributed by atoms with E-state index in [1.807, 2.05) is 4.90 Å². The van der Waals surface area contributed by atoms with Gasteiger partial charge in [0.05, 0.1) is 13.5 Å². The van der Waals surface area contributed by atoms with E-state index in [2.05, 4.69) is 5.32 Å². The molecule has 0 aromatic carbocycles. The maximum absolute atomic E-state index is 12.6. The fraction of sp³-hybridized carbons (Fsp3) is 0.857. The van der Waals surface area contributed by atoms with Crippen LogP contribution in [0.15, 0.2) is 0 Å². The quantitative estimate of drug-likeness (QED) is 0.774. The van der Waals surface area contributed by atoms with Crippen LogP contribution in [-0.4, -0.2) is 49.6 Å². The molecule has 2 saturated heterocycles. The lowest BCUT2D eigenvalue weighted by atomic mass is 9.92. The summed E-state index contributed by atoms with van der Waals surface area (Å²) in [6.07, 6.45) is 5.24. The number of carbonyl (C=O) groups excluding carboxylic acids is 2. The number of amides is 1. The highest BCUT2D eigenvalue weighted by molar-refractivity contribution is 5.80. The number of nitrogens with zero attached hydrogens (tertiary/aromatic N) is 1. The fourth-order valence-corrected chi connectivity index (χ4v) is 3.08. The highest BCUT2D eigenvalue weighted by Crippen LogP contribution is 2.24. The Kier molecular flexibility index (Phi) is 5.19. The van der Waals surface area contributed by atoms with Crippen LogP contribution in [0.25, 0.3) is 0 Å². The first-order valence-electron chi connectivity index (χ1n) is 7.30. The van der Waals surface area contributed by atoms with Gasteiger partial charge in [0.15, 0.2) is 0 Å². The summed E-state index contributed by atoms with van der Waals surface area (Å²) in [6.45, 7) is 2.64. The van der Waals surface area contributed by atoms with E-state index >= 15 is 0 Å². The Hall–Kier alpha value is -1.10. The molecule has 19 heavy (non-hydrogen) atoms. The van der Waals surface area contributed by atoms with Gasteiger partial charge in [0.1, 0.15) is 0 Å². The van der Waals surface area contributed by atoms with E-state index in [0.717, 1.165) is 51.7 Å². The van der Waals surface area contributed by atoms with Crippen LogP contribution in [0.3, 0.4) is 0 Å². The molecule has 5 heteroatoms. The van der Waals surface area contributed by atoms with E-state index in [0.29, 0.717) is 6.42 Å². The third kappa shape index (κ3) is 3.69. The van der Waals surface area contributed by atoms with Gasteiger partial charge in [-0.3, -0.25) is 9.59 Å². The van der Waals surface area contributed by atoms with E-state index in [9.17, 15) is 9.59 Å². The smallest absolute Gasteiger partial charge is 0.307 e. The molecule has 0 aromatic heterocycles. The number of likely N-dealkylation sites (tertiary alicyclic amines) is 1. The molecule has 0 aromatic rings. The Bertz CT molecular complexity index is 327. The third-order valence-corrected chi connectivity index (χ3v) is 4.23. The molecule has 1 atom stereocenters. The average Bonchev–Trinajstić information content (AvgIpc) is 2.48. The van der Waals surface area contributed by atoms with Crippen LogP contribution in [-0.2, 0) is 14.3 Å². The molecule has 0 radical (unpaired) electrons. The largest absolute Gasteiger partial charge is 0.469 e. The van der Waals surface area contributed by atoms with Gasteiger partial charge >= 0.3 is 5.97 Å². The molecule has 2 aliphatic rings. The molecule has 5 nitrogen and oxygen atoms in total. The number of hydrogen-bond acceptors (Lipinski definition) is 4. The number of rotatable bonds is 3. The van der Waals surface area contributed by atoms with Crippen LogP contribution in [0.2, 0.25) is 0 Å². The second kappa shape index (κ2) is 6.89. The van der Waals surface area contributed by atoms with E-state index in [1.54, 1.807) is 0 Å². The minimum atomic E-state index is -0.213. The van der Waals surface area contributed by atoms with E-state index in [4.69, 9.17) is 4.74 Å². The van der Waals surface area contributed by atoms with Gasteiger partial charge in [-0.1, -0.05) is 0 Å². The molecule has 0 aliphatic carbocycles. The van der Waals surface area contributed by atoms with Crippen LogP contribution < -0.4 is 5.32 Å². The molecule has 1 amide bonds. The third-order valence-electron chi connectivity index (χ3n) is 4.23. The van der Waals surface area contributed by atoms with Gasteiger partial charge in [-0.25, -0.2) is 0 Å². The SMILES string of the molecule is COC(=O)CC1CCCCN1C(=O)C1CCNCC1. The zero-order valence-electron chi connectivity index (χ0n) is 11.7. The predicted molar refractivity (Wildman–Crippen MR) is 71.6 cm³/mol. The van der Waals surface area contributed by atoms with Gasteiger partial charge in [0.2, 0.25) is 5.91 Å². The van der Waals surface area contributed by atoms with Crippen LogP contribution in [0.5, 0.6) is 0 Å². The molecule has 0 spiro atoms. The van der Waals surface area contributed by atoms with Crippen LogP contribution in [0.4, 0.5) is 0 Å². The number of nitrogens with one attached hydrogen (secondary N) is 1. The second-order valence-electron chi connectivity index (χ2n) is 5.49. The van der Waals surface area contributed by atoms with Crippen LogP contribution in [0.1, 0.15) is 38.5 Å². The first kappa shape index (κ1) is 14.3. The summed E-state index contributed by atoms with van der Waals surface area (Å²) < 4.78 is 4.74. The fourth-order valence-electron chi connectivity index (χ4n) is 3.08. The monoisotopic (exact) mass is 268 g/mol. The number of carbonyl (C=O) groups is 2. The van der Waals surface area contributed by atoms with E-state index < -0.39 is 0 Å². The number of hydrogen-bond donors (Lipinski definition) is 1. The summed E-state index contributed by atoms with van der Waals surface area (Å²) in [6, 6.07) is 0.0450.